The van der Waals surface area contributed by atoms with Gasteiger partial charge in [-0.15, -0.1) is 0 Å². The summed E-state index contributed by atoms with van der Waals surface area (Å²) < 4.78 is 0. The minimum Gasteiger partial charge on any atom is -0.351 e. The first-order chi connectivity index (χ1) is 6.77. The highest BCUT2D eigenvalue weighted by Crippen LogP contribution is 2.15. The van der Waals surface area contributed by atoms with Crippen molar-refractivity contribution in [1.82, 2.24) is 10.2 Å². The number of nitrogens with one attached hydrogen (secondary N) is 1. The molecule has 1 heterocycles. The van der Waals surface area contributed by atoms with Gasteiger partial charge in [0.2, 0.25) is 5.91 Å². The molecule has 1 rings (SSSR count). The highest BCUT2D eigenvalue weighted by atomic mass is 16.1. The maximum atomic E-state index is 11.2. The van der Waals surface area contributed by atoms with Gasteiger partial charge in [0.1, 0.15) is 0 Å². The molecule has 1 fully saturated rings. The van der Waals surface area contributed by atoms with Crippen molar-refractivity contribution < 1.29 is 4.79 Å². The van der Waals surface area contributed by atoms with Crippen LogP contribution in [0.3, 0.4) is 0 Å². The molecule has 0 bridgehead atoms. The molecular formula is C11H20N2O. The maximum absolute atomic E-state index is 11.2. The molecule has 1 unspecified atom stereocenters. The van der Waals surface area contributed by atoms with Crippen LogP contribution in [0.25, 0.3) is 0 Å². The Balaban J connectivity index is 2.26. The van der Waals surface area contributed by atoms with Crippen LogP contribution >= 0.6 is 0 Å². The summed E-state index contributed by atoms with van der Waals surface area (Å²) in [5.74, 6) is 0.0236. The molecule has 1 atom stereocenters. The molecule has 0 aliphatic carbocycles. The lowest BCUT2D eigenvalue weighted by Gasteiger charge is -2.22. The summed E-state index contributed by atoms with van der Waals surface area (Å²) in [6.45, 7) is 7.08. The lowest BCUT2D eigenvalue weighted by atomic mass is 10.2. The Kier molecular flexibility index (Phi) is 4.66. The van der Waals surface area contributed by atoms with Crippen molar-refractivity contribution in [1.29, 1.82) is 0 Å². The Bertz CT molecular complexity index is 213. The number of hydrogen-bond donors (Lipinski definition) is 1. The van der Waals surface area contributed by atoms with Gasteiger partial charge in [-0.05, 0) is 38.9 Å². The van der Waals surface area contributed by atoms with E-state index in [4.69, 9.17) is 0 Å². The highest BCUT2D eigenvalue weighted by molar-refractivity contribution is 5.87. The molecule has 80 valence electrons. The van der Waals surface area contributed by atoms with Gasteiger partial charge in [-0.1, -0.05) is 13.0 Å². The third-order valence-corrected chi connectivity index (χ3v) is 2.74. The molecule has 0 aromatic carbocycles. The fourth-order valence-corrected chi connectivity index (χ4v) is 1.97. The van der Waals surface area contributed by atoms with Crippen molar-refractivity contribution in [2.75, 3.05) is 19.6 Å². The Morgan fingerprint density at radius 1 is 1.64 bits per heavy atom. The van der Waals surface area contributed by atoms with Crippen molar-refractivity contribution in [3.63, 3.8) is 0 Å². The Labute approximate surface area is 86.2 Å². The number of carbonyl (C=O) groups excluding carboxylic acids is 1. The van der Waals surface area contributed by atoms with Crippen LogP contribution in [0.5, 0.6) is 0 Å². The number of hydrogen-bond acceptors (Lipinski definition) is 2. The molecule has 0 aromatic heterocycles. The molecular weight excluding hydrogens is 176 g/mol. The monoisotopic (exact) mass is 196 g/mol. The predicted octanol–water partition coefficient (Wildman–Crippen LogP) is 1.16. The maximum Gasteiger partial charge on any atom is 0.243 e. The zero-order chi connectivity index (χ0) is 10.4. The van der Waals surface area contributed by atoms with Gasteiger partial charge in [0, 0.05) is 12.6 Å². The summed E-state index contributed by atoms with van der Waals surface area (Å²) in [6.07, 6.45) is 5.81. The van der Waals surface area contributed by atoms with Crippen LogP contribution in [0.4, 0.5) is 0 Å². The summed E-state index contributed by atoms with van der Waals surface area (Å²) in [7, 11) is 0. The van der Waals surface area contributed by atoms with Gasteiger partial charge in [-0.2, -0.15) is 0 Å². The van der Waals surface area contributed by atoms with Crippen molar-refractivity contribution in [3.05, 3.63) is 12.2 Å². The summed E-state index contributed by atoms with van der Waals surface area (Å²) in [4.78, 5) is 13.6. The van der Waals surface area contributed by atoms with Crippen molar-refractivity contribution >= 4 is 5.91 Å². The molecule has 1 aliphatic heterocycles. The van der Waals surface area contributed by atoms with E-state index in [9.17, 15) is 4.79 Å². The van der Waals surface area contributed by atoms with E-state index in [-0.39, 0.29) is 5.91 Å². The van der Waals surface area contributed by atoms with E-state index in [0.717, 1.165) is 13.1 Å². The largest absolute Gasteiger partial charge is 0.351 e. The molecule has 1 N–H and O–H groups in total. The van der Waals surface area contributed by atoms with Crippen LogP contribution in [0.1, 0.15) is 26.7 Å². The van der Waals surface area contributed by atoms with Crippen LogP contribution < -0.4 is 5.32 Å². The number of allylic oxidation sites excluding steroid dienone is 1. The second kappa shape index (κ2) is 5.81. The number of likely N-dealkylation sites (N-methyl/N-ethyl adjacent to an activating group) is 1. The third kappa shape index (κ3) is 3.14. The smallest absolute Gasteiger partial charge is 0.243 e. The van der Waals surface area contributed by atoms with Gasteiger partial charge in [-0.3, -0.25) is 9.69 Å². The number of likely N-dealkylation sites (tertiary alicyclic amines) is 1. The lowest BCUT2D eigenvalue weighted by Crippen LogP contribution is -2.39. The lowest BCUT2D eigenvalue weighted by molar-refractivity contribution is -0.116. The topological polar surface area (TPSA) is 32.3 Å². The summed E-state index contributed by atoms with van der Waals surface area (Å²) in [5, 5.41) is 2.92. The average molecular weight is 196 g/mol. The minimum atomic E-state index is 0.0236. The average Bonchev–Trinajstić information content (AvgIpc) is 2.62. The summed E-state index contributed by atoms with van der Waals surface area (Å²) in [5.41, 5.74) is 0. The Morgan fingerprint density at radius 3 is 3.07 bits per heavy atom. The molecule has 1 aliphatic rings. The van der Waals surface area contributed by atoms with Gasteiger partial charge in [0.05, 0.1) is 0 Å². The van der Waals surface area contributed by atoms with Gasteiger partial charge in [0.25, 0.3) is 0 Å². The van der Waals surface area contributed by atoms with Crippen molar-refractivity contribution in [2.24, 2.45) is 0 Å². The van der Waals surface area contributed by atoms with Crippen molar-refractivity contribution in [2.45, 2.75) is 32.7 Å². The van der Waals surface area contributed by atoms with E-state index in [2.05, 4.69) is 17.1 Å². The van der Waals surface area contributed by atoms with E-state index in [1.54, 1.807) is 12.2 Å². The van der Waals surface area contributed by atoms with E-state index in [1.165, 1.54) is 19.4 Å². The van der Waals surface area contributed by atoms with Crippen LogP contribution in [-0.2, 0) is 4.79 Å². The Hall–Kier alpha value is -0.830. The summed E-state index contributed by atoms with van der Waals surface area (Å²) >= 11 is 0. The van der Waals surface area contributed by atoms with Crippen LogP contribution in [-0.4, -0.2) is 36.5 Å². The standard InChI is InChI=1S/C11H20N2O/c1-3-6-11(14)12-9-10-7-5-8-13(10)4-2/h3,6,10H,4-5,7-9H2,1-2H3,(H,12,14). The summed E-state index contributed by atoms with van der Waals surface area (Å²) in [6, 6.07) is 0.550. The number of amides is 1. The van der Waals surface area contributed by atoms with Crippen LogP contribution in [0.15, 0.2) is 12.2 Å². The first-order valence-corrected chi connectivity index (χ1v) is 5.42. The van der Waals surface area contributed by atoms with E-state index >= 15 is 0 Å². The normalized spacial score (nSPS) is 23.1. The van der Waals surface area contributed by atoms with Gasteiger partial charge in [0.15, 0.2) is 0 Å². The van der Waals surface area contributed by atoms with E-state index in [1.807, 2.05) is 6.92 Å². The molecule has 0 aromatic rings. The molecule has 0 spiro atoms. The van der Waals surface area contributed by atoms with Gasteiger partial charge >= 0.3 is 0 Å². The quantitative estimate of drug-likeness (QED) is 0.684. The number of carbonyl (C=O) groups is 1. The number of nitrogens with zero attached hydrogens (tertiary/aromatic N) is 1. The van der Waals surface area contributed by atoms with Gasteiger partial charge < -0.3 is 5.32 Å². The molecule has 14 heavy (non-hydrogen) atoms. The molecule has 0 radical (unpaired) electrons. The SMILES string of the molecule is CC=CC(=O)NCC1CCCN1CC. The van der Waals surface area contributed by atoms with Crippen molar-refractivity contribution in [3.8, 4) is 0 Å². The molecule has 3 heteroatoms. The van der Waals surface area contributed by atoms with E-state index < -0.39 is 0 Å². The molecule has 1 saturated heterocycles. The number of rotatable bonds is 4. The zero-order valence-corrected chi connectivity index (χ0v) is 9.12. The molecule has 0 saturated carbocycles. The predicted molar refractivity (Wildman–Crippen MR) is 58.1 cm³/mol. The Morgan fingerprint density at radius 2 is 2.43 bits per heavy atom. The van der Waals surface area contributed by atoms with Gasteiger partial charge in [-0.25, -0.2) is 0 Å². The second-order valence-electron chi connectivity index (χ2n) is 3.67. The molecule has 1 amide bonds. The van der Waals surface area contributed by atoms with Crippen LogP contribution in [0, 0.1) is 0 Å². The second-order valence-corrected chi connectivity index (χ2v) is 3.67. The molecule has 3 nitrogen and oxygen atoms in total. The first-order valence-electron chi connectivity index (χ1n) is 5.42. The first kappa shape index (κ1) is 11.2. The fraction of sp³-hybridized carbons (Fsp3) is 0.727. The zero-order valence-electron chi connectivity index (χ0n) is 9.12. The highest BCUT2D eigenvalue weighted by Gasteiger charge is 2.22. The fourth-order valence-electron chi connectivity index (χ4n) is 1.97. The minimum absolute atomic E-state index is 0.0236. The third-order valence-electron chi connectivity index (χ3n) is 2.74. The van der Waals surface area contributed by atoms with E-state index in [0.29, 0.717) is 6.04 Å². The van der Waals surface area contributed by atoms with Crippen LogP contribution in [0.2, 0.25) is 0 Å².